The van der Waals surface area contributed by atoms with Crippen molar-refractivity contribution in [3.8, 4) is 0 Å². The molecule has 2 heteroatoms. The number of aryl methyl sites for hydroxylation is 1. The zero-order valence-corrected chi connectivity index (χ0v) is 8.96. The first-order valence-electron chi connectivity index (χ1n) is 4.81. The fourth-order valence-electron chi connectivity index (χ4n) is 1.13. The van der Waals surface area contributed by atoms with Gasteiger partial charge in [-0.1, -0.05) is 27.2 Å². The van der Waals surface area contributed by atoms with Gasteiger partial charge in [-0.25, -0.2) is 0 Å². The highest BCUT2D eigenvalue weighted by atomic mass is 14.8. The van der Waals surface area contributed by atoms with Crippen LogP contribution in [0.15, 0.2) is 12.4 Å². The third-order valence-corrected chi connectivity index (χ3v) is 2.45. The van der Waals surface area contributed by atoms with Gasteiger partial charge in [-0.2, -0.15) is 0 Å². The molecule has 0 aliphatic carbocycles. The van der Waals surface area contributed by atoms with Crippen LogP contribution in [-0.2, 0) is 6.42 Å². The number of aromatic nitrogens is 2. The van der Waals surface area contributed by atoms with Gasteiger partial charge < -0.3 is 0 Å². The summed E-state index contributed by atoms with van der Waals surface area (Å²) < 4.78 is 0. The van der Waals surface area contributed by atoms with Gasteiger partial charge in [-0.3, -0.25) is 9.97 Å². The molecule has 0 atom stereocenters. The second-order valence-electron chi connectivity index (χ2n) is 4.34. The molecule has 0 bridgehead atoms. The van der Waals surface area contributed by atoms with Crippen LogP contribution in [0.5, 0.6) is 0 Å². The van der Waals surface area contributed by atoms with E-state index >= 15 is 0 Å². The van der Waals surface area contributed by atoms with Crippen molar-refractivity contribution in [1.82, 2.24) is 9.97 Å². The molecule has 0 amide bonds. The molecule has 1 heterocycles. The molecule has 0 aliphatic heterocycles. The zero-order valence-electron chi connectivity index (χ0n) is 8.96. The molecular formula is C11H18N2. The Morgan fingerprint density at radius 2 is 1.92 bits per heavy atom. The molecule has 72 valence electrons. The van der Waals surface area contributed by atoms with E-state index in [1.54, 1.807) is 0 Å². The molecule has 0 saturated heterocycles. The van der Waals surface area contributed by atoms with Gasteiger partial charge in [0.05, 0.1) is 11.4 Å². The summed E-state index contributed by atoms with van der Waals surface area (Å²) >= 11 is 0. The standard InChI is InChI=1S/C11H18N2/c1-5-11(3,4)6-10-8-12-9(2)7-13-10/h7-8H,5-6H2,1-4H3. The molecule has 0 saturated carbocycles. The minimum absolute atomic E-state index is 0.337. The first-order chi connectivity index (χ1) is 6.03. The van der Waals surface area contributed by atoms with Gasteiger partial charge in [-0.15, -0.1) is 0 Å². The zero-order chi connectivity index (χ0) is 9.90. The van der Waals surface area contributed by atoms with Crippen LogP contribution < -0.4 is 0 Å². The lowest BCUT2D eigenvalue weighted by molar-refractivity contribution is 0.345. The number of hydrogen-bond donors (Lipinski definition) is 0. The number of hydrogen-bond acceptors (Lipinski definition) is 2. The van der Waals surface area contributed by atoms with Crippen LogP contribution in [0.2, 0.25) is 0 Å². The Labute approximate surface area is 80.4 Å². The predicted octanol–water partition coefficient (Wildman–Crippen LogP) is 2.76. The van der Waals surface area contributed by atoms with Crippen LogP contribution in [-0.4, -0.2) is 9.97 Å². The van der Waals surface area contributed by atoms with E-state index in [9.17, 15) is 0 Å². The van der Waals surface area contributed by atoms with Crippen LogP contribution in [0.25, 0.3) is 0 Å². The minimum atomic E-state index is 0.337. The summed E-state index contributed by atoms with van der Waals surface area (Å²) in [7, 11) is 0. The van der Waals surface area contributed by atoms with E-state index < -0.39 is 0 Å². The van der Waals surface area contributed by atoms with Gasteiger partial charge in [0.25, 0.3) is 0 Å². The molecule has 1 rings (SSSR count). The van der Waals surface area contributed by atoms with Gasteiger partial charge >= 0.3 is 0 Å². The van der Waals surface area contributed by atoms with Gasteiger partial charge in [0.15, 0.2) is 0 Å². The Hall–Kier alpha value is -0.920. The van der Waals surface area contributed by atoms with E-state index in [1.165, 1.54) is 6.42 Å². The highest BCUT2D eigenvalue weighted by Gasteiger charge is 2.16. The topological polar surface area (TPSA) is 25.8 Å². The summed E-state index contributed by atoms with van der Waals surface area (Å²) in [4.78, 5) is 8.58. The fraction of sp³-hybridized carbons (Fsp3) is 0.636. The van der Waals surface area contributed by atoms with Gasteiger partial charge in [0, 0.05) is 12.4 Å². The lowest BCUT2D eigenvalue weighted by Crippen LogP contribution is -2.14. The van der Waals surface area contributed by atoms with Crippen LogP contribution >= 0.6 is 0 Å². The first kappa shape index (κ1) is 10.2. The lowest BCUT2D eigenvalue weighted by Gasteiger charge is -2.21. The molecule has 1 aromatic heterocycles. The number of nitrogens with zero attached hydrogens (tertiary/aromatic N) is 2. The van der Waals surface area contributed by atoms with Gasteiger partial charge in [0.1, 0.15) is 0 Å². The summed E-state index contributed by atoms with van der Waals surface area (Å²) in [6.45, 7) is 8.69. The van der Waals surface area contributed by atoms with E-state index in [4.69, 9.17) is 0 Å². The molecule has 2 nitrogen and oxygen atoms in total. The molecule has 0 aliphatic rings. The van der Waals surface area contributed by atoms with Crippen LogP contribution in [0.1, 0.15) is 38.6 Å². The van der Waals surface area contributed by atoms with Gasteiger partial charge in [0.2, 0.25) is 0 Å². The van der Waals surface area contributed by atoms with Crippen molar-refractivity contribution in [2.45, 2.75) is 40.5 Å². The summed E-state index contributed by atoms with van der Waals surface area (Å²) in [6.07, 6.45) is 5.90. The number of rotatable bonds is 3. The molecule has 0 unspecified atom stereocenters. The van der Waals surface area contributed by atoms with Crippen molar-refractivity contribution in [3.63, 3.8) is 0 Å². The Balaban J connectivity index is 2.69. The maximum absolute atomic E-state index is 4.35. The second-order valence-corrected chi connectivity index (χ2v) is 4.34. The lowest BCUT2D eigenvalue weighted by atomic mass is 9.85. The van der Waals surface area contributed by atoms with Gasteiger partial charge in [-0.05, 0) is 18.8 Å². The third-order valence-electron chi connectivity index (χ3n) is 2.45. The average molecular weight is 178 g/mol. The Kier molecular flexibility index (Phi) is 3.02. The van der Waals surface area contributed by atoms with E-state index in [2.05, 4.69) is 30.7 Å². The summed E-state index contributed by atoms with van der Waals surface area (Å²) in [5.41, 5.74) is 2.42. The Morgan fingerprint density at radius 3 is 2.38 bits per heavy atom. The molecule has 0 N–H and O–H groups in total. The van der Waals surface area contributed by atoms with E-state index in [0.717, 1.165) is 17.8 Å². The maximum atomic E-state index is 4.35. The molecule has 0 fully saturated rings. The summed E-state index contributed by atoms with van der Waals surface area (Å²) in [5, 5.41) is 0. The minimum Gasteiger partial charge on any atom is -0.258 e. The molecule has 1 aromatic rings. The van der Waals surface area contributed by atoms with E-state index in [1.807, 2.05) is 19.3 Å². The van der Waals surface area contributed by atoms with Crippen LogP contribution in [0, 0.1) is 12.3 Å². The van der Waals surface area contributed by atoms with E-state index in [0.29, 0.717) is 5.41 Å². The molecular weight excluding hydrogens is 160 g/mol. The van der Waals surface area contributed by atoms with Crippen molar-refractivity contribution in [1.29, 1.82) is 0 Å². The third kappa shape index (κ3) is 3.13. The first-order valence-corrected chi connectivity index (χ1v) is 4.81. The maximum Gasteiger partial charge on any atom is 0.0592 e. The Morgan fingerprint density at radius 1 is 1.23 bits per heavy atom. The molecule has 13 heavy (non-hydrogen) atoms. The summed E-state index contributed by atoms with van der Waals surface area (Å²) in [5.74, 6) is 0. The van der Waals surface area contributed by atoms with Crippen molar-refractivity contribution >= 4 is 0 Å². The van der Waals surface area contributed by atoms with Crippen molar-refractivity contribution in [2.24, 2.45) is 5.41 Å². The van der Waals surface area contributed by atoms with Crippen LogP contribution in [0.4, 0.5) is 0 Å². The average Bonchev–Trinajstić information content (AvgIpc) is 2.09. The smallest absolute Gasteiger partial charge is 0.0592 e. The molecule has 0 radical (unpaired) electrons. The second kappa shape index (κ2) is 3.86. The monoisotopic (exact) mass is 178 g/mol. The Bertz CT molecular complexity index is 262. The molecule has 0 aromatic carbocycles. The largest absolute Gasteiger partial charge is 0.258 e. The SMILES string of the molecule is CCC(C)(C)Cc1cnc(C)cn1. The van der Waals surface area contributed by atoms with Crippen LogP contribution in [0.3, 0.4) is 0 Å². The highest BCUT2D eigenvalue weighted by Crippen LogP contribution is 2.23. The fourth-order valence-corrected chi connectivity index (χ4v) is 1.13. The van der Waals surface area contributed by atoms with Crippen molar-refractivity contribution in [2.75, 3.05) is 0 Å². The van der Waals surface area contributed by atoms with Crippen molar-refractivity contribution in [3.05, 3.63) is 23.8 Å². The summed E-state index contributed by atoms with van der Waals surface area (Å²) in [6, 6.07) is 0. The molecule has 0 spiro atoms. The quantitative estimate of drug-likeness (QED) is 0.711. The highest BCUT2D eigenvalue weighted by molar-refractivity contribution is 5.02. The van der Waals surface area contributed by atoms with Crippen molar-refractivity contribution < 1.29 is 0 Å². The van der Waals surface area contributed by atoms with E-state index in [-0.39, 0.29) is 0 Å². The predicted molar refractivity (Wildman–Crippen MR) is 54.5 cm³/mol. The normalized spacial score (nSPS) is 11.7.